The van der Waals surface area contributed by atoms with Gasteiger partial charge in [0.2, 0.25) is 0 Å². The van der Waals surface area contributed by atoms with Crippen molar-refractivity contribution in [1.29, 1.82) is 0 Å². The first-order valence-electron chi connectivity index (χ1n) is 3.53. The van der Waals surface area contributed by atoms with Crippen LogP contribution in [0.2, 0.25) is 10.0 Å². The van der Waals surface area contributed by atoms with Crippen LogP contribution < -0.4 is 5.32 Å². The molecule has 0 unspecified atom stereocenters. The molecule has 1 aromatic carbocycles. The molecule has 0 bridgehead atoms. The molecule has 0 radical (unpaired) electrons. The topological polar surface area (TPSA) is 12.0 Å². The number of benzene rings is 1. The van der Waals surface area contributed by atoms with Crippen LogP contribution in [0, 0.1) is 5.82 Å². The normalized spacial score (nSPS) is 10.0. The van der Waals surface area contributed by atoms with Crippen molar-refractivity contribution in [3.05, 3.63) is 28.0 Å². The van der Waals surface area contributed by atoms with Crippen LogP contribution in [0.15, 0.2) is 12.1 Å². The van der Waals surface area contributed by atoms with E-state index >= 15 is 0 Å². The van der Waals surface area contributed by atoms with Crippen molar-refractivity contribution in [2.45, 2.75) is 6.92 Å². The van der Waals surface area contributed by atoms with Crippen LogP contribution in [0.4, 0.5) is 10.1 Å². The summed E-state index contributed by atoms with van der Waals surface area (Å²) in [4.78, 5) is 0. The third kappa shape index (κ3) is 2.02. The van der Waals surface area contributed by atoms with Crippen molar-refractivity contribution >= 4 is 28.9 Å². The Labute approximate surface area is 80.5 Å². The molecule has 0 aliphatic carbocycles. The van der Waals surface area contributed by atoms with Crippen molar-refractivity contribution < 1.29 is 4.39 Å². The fourth-order valence-electron chi connectivity index (χ4n) is 0.862. The van der Waals surface area contributed by atoms with Crippen molar-refractivity contribution in [2.24, 2.45) is 0 Å². The lowest BCUT2D eigenvalue weighted by Gasteiger charge is -2.04. The van der Waals surface area contributed by atoms with Crippen molar-refractivity contribution in [2.75, 3.05) is 11.9 Å². The van der Waals surface area contributed by atoms with Crippen LogP contribution in [0.25, 0.3) is 0 Å². The average molecular weight is 208 g/mol. The first-order chi connectivity index (χ1) is 5.65. The molecule has 4 heteroatoms. The van der Waals surface area contributed by atoms with Gasteiger partial charge in [-0.2, -0.15) is 0 Å². The maximum Gasteiger partial charge on any atom is 0.160 e. The number of rotatable bonds is 2. The smallest absolute Gasteiger partial charge is 0.160 e. The van der Waals surface area contributed by atoms with E-state index in [0.29, 0.717) is 0 Å². The summed E-state index contributed by atoms with van der Waals surface area (Å²) in [5.74, 6) is -0.569. The van der Waals surface area contributed by atoms with E-state index in [-0.39, 0.29) is 10.0 Å². The van der Waals surface area contributed by atoms with Crippen LogP contribution in [-0.2, 0) is 0 Å². The third-order valence-corrected chi connectivity index (χ3v) is 1.91. The fourth-order valence-corrected chi connectivity index (χ4v) is 1.35. The molecule has 1 N–H and O–H groups in total. The minimum Gasteiger partial charge on any atom is -0.385 e. The standard InChI is InChI=1S/C8H8Cl2FN/c1-2-12-5-3-6(9)8(11)7(10)4-5/h3-4,12H,2H2,1H3. The van der Waals surface area contributed by atoms with Gasteiger partial charge < -0.3 is 5.32 Å². The average Bonchev–Trinajstić information content (AvgIpc) is 2.01. The third-order valence-electron chi connectivity index (χ3n) is 1.36. The number of hydrogen-bond donors (Lipinski definition) is 1. The van der Waals surface area contributed by atoms with Crippen molar-refractivity contribution in [1.82, 2.24) is 0 Å². The first-order valence-corrected chi connectivity index (χ1v) is 4.29. The molecule has 0 aliphatic rings. The van der Waals surface area contributed by atoms with Gasteiger partial charge in [-0.15, -0.1) is 0 Å². The summed E-state index contributed by atoms with van der Waals surface area (Å²) in [6.07, 6.45) is 0. The van der Waals surface area contributed by atoms with E-state index in [1.807, 2.05) is 6.92 Å². The molecule has 1 aromatic rings. The second kappa shape index (κ2) is 3.97. The van der Waals surface area contributed by atoms with Gasteiger partial charge in [0.15, 0.2) is 5.82 Å². The van der Waals surface area contributed by atoms with Gasteiger partial charge in [0, 0.05) is 12.2 Å². The van der Waals surface area contributed by atoms with Gasteiger partial charge in [-0.1, -0.05) is 23.2 Å². The quantitative estimate of drug-likeness (QED) is 0.732. The van der Waals surface area contributed by atoms with E-state index in [2.05, 4.69) is 5.32 Å². The van der Waals surface area contributed by atoms with Crippen LogP contribution in [0.3, 0.4) is 0 Å². The number of nitrogens with one attached hydrogen (secondary N) is 1. The molecule has 0 atom stereocenters. The van der Waals surface area contributed by atoms with Gasteiger partial charge in [0.05, 0.1) is 10.0 Å². The molecular weight excluding hydrogens is 200 g/mol. The Morgan fingerprint density at radius 2 is 1.83 bits per heavy atom. The maximum atomic E-state index is 12.9. The van der Waals surface area contributed by atoms with Crippen LogP contribution in [0.5, 0.6) is 0 Å². The van der Waals surface area contributed by atoms with E-state index in [1.54, 1.807) is 0 Å². The molecule has 12 heavy (non-hydrogen) atoms. The minimum atomic E-state index is -0.569. The Morgan fingerprint density at radius 1 is 1.33 bits per heavy atom. The predicted octanol–water partition coefficient (Wildman–Crippen LogP) is 3.56. The maximum absolute atomic E-state index is 12.9. The van der Waals surface area contributed by atoms with Crippen molar-refractivity contribution in [3.8, 4) is 0 Å². The Hall–Kier alpha value is -0.470. The molecule has 66 valence electrons. The minimum absolute atomic E-state index is 0.0402. The second-order valence-corrected chi connectivity index (χ2v) is 3.10. The highest BCUT2D eigenvalue weighted by Gasteiger charge is 2.06. The van der Waals surface area contributed by atoms with Crippen LogP contribution in [-0.4, -0.2) is 6.54 Å². The van der Waals surface area contributed by atoms with Crippen molar-refractivity contribution in [3.63, 3.8) is 0 Å². The molecule has 1 nitrogen and oxygen atoms in total. The van der Waals surface area contributed by atoms with Gasteiger partial charge in [0.1, 0.15) is 0 Å². The summed E-state index contributed by atoms with van der Waals surface area (Å²) in [6.45, 7) is 2.68. The van der Waals surface area contributed by atoms with Crippen LogP contribution in [0.1, 0.15) is 6.92 Å². The summed E-state index contributed by atoms with van der Waals surface area (Å²) < 4.78 is 12.9. The molecule has 0 aromatic heterocycles. The highest BCUT2D eigenvalue weighted by molar-refractivity contribution is 6.35. The van der Waals surface area contributed by atoms with E-state index in [0.717, 1.165) is 12.2 Å². The van der Waals surface area contributed by atoms with E-state index in [1.165, 1.54) is 12.1 Å². The molecule has 0 saturated heterocycles. The number of anilines is 1. The van der Waals surface area contributed by atoms with E-state index < -0.39 is 5.82 Å². The number of halogens is 3. The lowest BCUT2D eigenvalue weighted by molar-refractivity contribution is 0.629. The summed E-state index contributed by atoms with van der Waals surface area (Å²) in [5, 5.41) is 3.06. The highest BCUT2D eigenvalue weighted by Crippen LogP contribution is 2.26. The Bertz CT molecular complexity index is 265. The Balaban J connectivity index is 3.04. The van der Waals surface area contributed by atoms with Gasteiger partial charge in [-0.05, 0) is 19.1 Å². The number of hydrogen-bond acceptors (Lipinski definition) is 1. The lowest BCUT2D eigenvalue weighted by atomic mass is 10.3. The fraction of sp³-hybridized carbons (Fsp3) is 0.250. The second-order valence-electron chi connectivity index (χ2n) is 2.28. The zero-order valence-corrected chi connectivity index (χ0v) is 8.01. The monoisotopic (exact) mass is 207 g/mol. The zero-order chi connectivity index (χ0) is 9.14. The molecule has 0 saturated carbocycles. The van der Waals surface area contributed by atoms with Gasteiger partial charge >= 0.3 is 0 Å². The molecule has 0 fully saturated rings. The lowest BCUT2D eigenvalue weighted by Crippen LogP contribution is -1.96. The van der Waals surface area contributed by atoms with Gasteiger partial charge in [-0.3, -0.25) is 0 Å². The molecule has 0 spiro atoms. The summed E-state index contributed by atoms with van der Waals surface area (Å²) in [6, 6.07) is 3.01. The zero-order valence-electron chi connectivity index (χ0n) is 6.50. The summed E-state index contributed by atoms with van der Waals surface area (Å²) in [5.41, 5.74) is 0.730. The molecule has 0 heterocycles. The van der Waals surface area contributed by atoms with Crippen LogP contribution >= 0.6 is 23.2 Å². The predicted molar refractivity (Wildman–Crippen MR) is 50.6 cm³/mol. The summed E-state index contributed by atoms with van der Waals surface area (Å²) in [7, 11) is 0. The largest absolute Gasteiger partial charge is 0.385 e. The highest BCUT2D eigenvalue weighted by atomic mass is 35.5. The van der Waals surface area contributed by atoms with E-state index in [4.69, 9.17) is 23.2 Å². The SMILES string of the molecule is CCNc1cc(Cl)c(F)c(Cl)c1. The van der Waals surface area contributed by atoms with Gasteiger partial charge in [0.25, 0.3) is 0 Å². The Morgan fingerprint density at radius 3 is 2.25 bits per heavy atom. The first kappa shape index (κ1) is 9.62. The molecular formula is C8H8Cl2FN. The molecule has 0 amide bonds. The Kier molecular flexibility index (Phi) is 3.18. The molecule has 0 aliphatic heterocycles. The molecule has 1 rings (SSSR count). The summed E-state index contributed by atoms with van der Waals surface area (Å²) >= 11 is 11.1. The van der Waals surface area contributed by atoms with Gasteiger partial charge in [-0.25, -0.2) is 4.39 Å². The van der Waals surface area contributed by atoms with E-state index in [9.17, 15) is 4.39 Å².